The minimum atomic E-state index is 0.925. The summed E-state index contributed by atoms with van der Waals surface area (Å²) in [5, 5.41) is 1.17. The van der Waals surface area contributed by atoms with Gasteiger partial charge in [-0.2, -0.15) is 9.13 Å². The first-order valence-corrected chi connectivity index (χ1v) is 7.38. The molecule has 0 bridgehead atoms. The second-order valence-electron chi connectivity index (χ2n) is 5.49. The fourth-order valence-corrected chi connectivity index (χ4v) is 3.00. The van der Waals surface area contributed by atoms with Crippen molar-refractivity contribution in [3.8, 4) is 11.4 Å². The molecule has 0 amide bonds. The molecule has 108 valence electrons. The largest absolute Gasteiger partial charge is 0.460 e. The predicted octanol–water partition coefficient (Wildman–Crippen LogP) is 4.12. The molecule has 0 spiro atoms. The first kappa shape index (κ1) is 12.9. The molecule has 0 fully saturated rings. The number of aryl methyl sites for hydroxylation is 1. The standard InChI is InChI=1S/C19H17N2O/c1-14-7-6-10-18-19(14)17(13-22-18)21-12-11-20(15(21)2)16-8-4-3-5-9-16/h3-13H,1-2H3/q+1. The van der Waals surface area contributed by atoms with Gasteiger partial charge in [-0.15, -0.1) is 0 Å². The van der Waals surface area contributed by atoms with Crippen LogP contribution < -0.4 is 4.57 Å². The summed E-state index contributed by atoms with van der Waals surface area (Å²) in [6.07, 6.45) is 6.00. The Bertz CT molecular complexity index is 948. The van der Waals surface area contributed by atoms with E-state index in [1.54, 1.807) is 0 Å². The Morgan fingerprint density at radius 1 is 0.955 bits per heavy atom. The molecule has 2 aromatic carbocycles. The van der Waals surface area contributed by atoms with E-state index in [1.165, 1.54) is 10.9 Å². The number of hydrogen-bond acceptors (Lipinski definition) is 1. The van der Waals surface area contributed by atoms with Gasteiger partial charge in [0, 0.05) is 6.92 Å². The van der Waals surface area contributed by atoms with Gasteiger partial charge in [0.05, 0.1) is 5.39 Å². The molecule has 0 aliphatic rings. The van der Waals surface area contributed by atoms with Crippen LogP contribution in [0.3, 0.4) is 0 Å². The molecule has 4 rings (SSSR count). The van der Waals surface area contributed by atoms with Gasteiger partial charge in [-0.1, -0.05) is 30.3 Å². The average molecular weight is 289 g/mol. The first-order chi connectivity index (χ1) is 10.8. The number of hydrogen-bond donors (Lipinski definition) is 0. The summed E-state index contributed by atoms with van der Waals surface area (Å²) in [5.41, 5.74) is 4.39. The van der Waals surface area contributed by atoms with E-state index in [-0.39, 0.29) is 0 Å². The van der Waals surface area contributed by atoms with E-state index in [0.717, 1.165) is 22.8 Å². The number of para-hydroxylation sites is 1. The minimum absolute atomic E-state index is 0.925. The first-order valence-electron chi connectivity index (χ1n) is 7.38. The van der Waals surface area contributed by atoms with Crippen molar-refractivity contribution in [2.45, 2.75) is 13.8 Å². The molecule has 0 atom stereocenters. The number of imidazole rings is 1. The third-order valence-corrected chi connectivity index (χ3v) is 4.14. The lowest BCUT2D eigenvalue weighted by Gasteiger charge is -2.00. The lowest BCUT2D eigenvalue weighted by molar-refractivity contribution is -0.600. The van der Waals surface area contributed by atoms with Crippen LogP contribution in [0.15, 0.2) is 71.6 Å². The Kier molecular flexibility index (Phi) is 2.86. The molecule has 0 radical (unpaired) electrons. The number of fused-ring (bicyclic) bond motifs is 1. The Balaban J connectivity index is 1.92. The van der Waals surface area contributed by atoms with Gasteiger partial charge in [0.1, 0.15) is 29.9 Å². The predicted molar refractivity (Wildman–Crippen MR) is 86.5 cm³/mol. The van der Waals surface area contributed by atoms with Crippen LogP contribution in [0.4, 0.5) is 0 Å². The van der Waals surface area contributed by atoms with Gasteiger partial charge in [-0.25, -0.2) is 0 Å². The fourth-order valence-electron chi connectivity index (χ4n) is 3.00. The van der Waals surface area contributed by atoms with Crippen LogP contribution in [0.2, 0.25) is 0 Å². The molecule has 0 N–H and O–H groups in total. The summed E-state index contributed by atoms with van der Waals surface area (Å²) in [7, 11) is 0. The highest BCUT2D eigenvalue weighted by atomic mass is 16.3. The van der Waals surface area contributed by atoms with Crippen molar-refractivity contribution in [2.75, 3.05) is 0 Å². The molecule has 2 aromatic heterocycles. The van der Waals surface area contributed by atoms with Crippen LogP contribution in [0.5, 0.6) is 0 Å². The fraction of sp³-hybridized carbons (Fsp3) is 0.105. The number of benzene rings is 2. The van der Waals surface area contributed by atoms with Crippen molar-refractivity contribution in [3.05, 3.63) is 78.6 Å². The van der Waals surface area contributed by atoms with Gasteiger partial charge in [0.2, 0.25) is 0 Å². The zero-order valence-electron chi connectivity index (χ0n) is 12.7. The van der Waals surface area contributed by atoms with E-state index in [1.807, 2.05) is 24.5 Å². The monoisotopic (exact) mass is 289 g/mol. The summed E-state index contributed by atoms with van der Waals surface area (Å²) in [6.45, 7) is 4.23. The molecule has 3 nitrogen and oxygen atoms in total. The van der Waals surface area contributed by atoms with Crippen molar-refractivity contribution >= 4 is 11.0 Å². The van der Waals surface area contributed by atoms with Crippen LogP contribution in [0.1, 0.15) is 11.4 Å². The maximum Gasteiger partial charge on any atom is 0.263 e. The normalized spacial score (nSPS) is 11.2. The average Bonchev–Trinajstić information content (AvgIpc) is 3.12. The van der Waals surface area contributed by atoms with Gasteiger partial charge < -0.3 is 4.42 Å². The Morgan fingerprint density at radius 3 is 2.59 bits per heavy atom. The summed E-state index contributed by atoms with van der Waals surface area (Å²) in [6, 6.07) is 16.5. The molecule has 0 aliphatic carbocycles. The highest BCUT2D eigenvalue weighted by molar-refractivity contribution is 5.87. The van der Waals surface area contributed by atoms with Crippen molar-refractivity contribution in [1.82, 2.24) is 4.57 Å². The van der Waals surface area contributed by atoms with E-state index in [0.29, 0.717) is 0 Å². The van der Waals surface area contributed by atoms with E-state index in [9.17, 15) is 0 Å². The topological polar surface area (TPSA) is 21.9 Å². The van der Waals surface area contributed by atoms with Crippen LogP contribution >= 0.6 is 0 Å². The van der Waals surface area contributed by atoms with E-state index in [4.69, 9.17) is 4.42 Å². The molecular formula is C19H17N2O+. The van der Waals surface area contributed by atoms with E-state index in [2.05, 4.69) is 65.7 Å². The van der Waals surface area contributed by atoms with Crippen molar-refractivity contribution in [3.63, 3.8) is 0 Å². The van der Waals surface area contributed by atoms with Crippen LogP contribution in [0.25, 0.3) is 22.3 Å². The Labute approximate surface area is 129 Å². The summed E-state index contributed by atoms with van der Waals surface area (Å²) >= 11 is 0. The number of furan rings is 1. The third kappa shape index (κ3) is 1.86. The van der Waals surface area contributed by atoms with Gasteiger partial charge in [-0.3, -0.25) is 0 Å². The summed E-state index contributed by atoms with van der Waals surface area (Å²) in [5.74, 6) is 1.14. The number of nitrogens with zero attached hydrogens (tertiary/aromatic N) is 2. The van der Waals surface area contributed by atoms with Crippen LogP contribution in [-0.2, 0) is 0 Å². The molecule has 3 heteroatoms. The van der Waals surface area contributed by atoms with Crippen LogP contribution in [0, 0.1) is 13.8 Å². The van der Waals surface area contributed by atoms with Gasteiger partial charge in [-0.05, 0) is 30.7 Å². The molecule has 0 saturated carbocycles. The number of rotatable bonds is 2. The Morgan fingerprint density at radius 2 is 1.77 bits per heavy atom. The summed E-state index contributed by atoms with van der Waals surface area (Å²) < 4.78 is 10.1. The summed E-state index contributed by atoms with van der Waals surface area (Å²) in [4.78, 5) is 0. The van der Waals surface area contributed by atoms with Gasteiger partial charge in [0.15, 0.2) is 5.69 Å². The number of aromatic nitrogens is 2. The second kappa shape index (κ2) is 4.88. The van der Waals surface area contributed by atoms with Gasteiger partial charge in [0.25, 0.3) is 5.82 Å². The SMILES string of the molecule is Cc1cccc2occ(-[n+]3ccn(-c4ccccc4)c3C)c12. The second-order valence-corrected chi connectivity index (χ2v) is 5.49. The Hall–Kier alpha value is -2.81. The molecule has 0 unspecified atom stereocenters. The molecule has 4 aromatic rings. The smallest absolute Gasteiger partial charge is 0.263 e. The van der Waals surface area contributed by atoms with Crippen molar-refractivity contribution in [2.24, 2.45) is 0 Å². The van der Waals surface area contributed by atoms with Gasteiger partial charge >= 0.3 is 0 Å². The lowest BCUT2D eigenvalue weighted by atomic mass is 10.1. The zero-order valence-corrected chi connectivity index (χ0v) is 12.7. The highest BCUT2D eigenvalue weighted by Gasteiger charge is 2.20. The maximum atomic E-state index is 5.72. The maximum absolute atomic E-state index is 5.72. The van der Waals surface area contributed by atoms with Crippen LogP contribution in [-0.4, -0.2) is 4.57 Å². The molecule has 22 heavy (non-hydrogen) atoms. The van der Waals surface area contributed by atoms with Crippen molar-refractivity contribution in [1.29, 1.82) is 0 Å². The quantitative estimate of drug-likeness (QED) is 0.509. The third-order valence-electron chi connectivity index (χ3n) is 4.14. The molecule has 0 saturated heterocycles. The minimum Gasteiger partial charge on any atom is -0.460 e. The van der Waals surface area contributed by atoms with Crippen molar-refractivity contribution < 1.29 is 8.98 Å². The zero-order chi connectivity index (χ0) is 15.1. The van der Waals surface area contributed by atoms with E-state index >= 15 is 0 Å². The molecular weight excluding hydrogens is 272 g/mol. The highest BCUT2D eigenvalue weighted by Crippen LogP contribution is 2.25. The molecule has 0 aliphatic heterocycles. The van der Waals surface area contributed by atoms with E-state index < -0.39 is 0 Å². The lowest BCUT2D eigenvalue weighted by Crippen LogP contribution is -2.32. The molecule has 2 heterocycles.